The highest BCUT2D eigenvalue weighted by Crippen LogP contribution is 2.25. The lowest BCUT2D eigenvalue weighted by atomic mass is 10.0. The normalized spacial score (nSPS) is 10.9. The molecule has 0 bridgehead atoms. The minimum absolute atomic E-state index is 0.580. The van der Waals surface area contributed by atoms with Gasteiger partial charge in [0.05, 0.1) is 6.20 Å². The molecule has 3 nitrogen and oxygen atoms in total. The topological polar surface area (TPSA) is 52.0 Å². The van der Waals surface area contributed by atoms with Gasteiger partial charge in [-0.05, 0) is 17.9 Å². The second-order valence-corrected chi connectivity index (χ2v) is 4.41. The maximum Gasteiger partial charge on any atom is 0.189 e. The molecule has 2 rings (SSSR count). The van der Waals surface area contributed by atoms with Gasteiger partial charge in [-0.3, -0.25) is 0 Å². The largest absolute Gasteiger partial charge is 0.394 e. The molecular formula is C13H16N2O. The van der Waals surface area contributed by atoms with Gasteiger partial charge in [-0.1, -0.05) is 43.3 Å². The molecule has 0 aliphatic carbocycles. The van der Waals surface area contributed by atoms with Gasteiger partial charge >= 0.3 is 0 Å². The van der Waals surface area contributed by atoms with E-state index in [0.29, 0.717) is 17.4 Å². The van der Waals surface area contributed by atoms with Crippen molar-refractivity contribution in [1.29, 1.82) is 0 Å². The summed E-state index contributed by atoms with van der Waals surface area (Å²) in [4.78, 5) is 0. The number of nitrogens with two attached hydrogens (primary N) is 1. The predicted molar refractivity (Wildman–Crippen MR) is 64.9 cm³/mol. The summed E-state index contributed by atoms with van der Waals surface area (Å²) in [5, 5.41) is 3.67. The zero-order valence-electron chi connectivity index (χ0n) is 9.60. The van der Waals surface area contributed by atoms with Gasteiger partial charge in [-0.25, -0.2) is 0 Å². The van der Waals surface area contributed by atoms with Crippen LogP contribution in [0.25, 0.3) is 11.3 Å². The van der Waals surface area contributed by atoms with Gasteiger partial charge in [-0.15, -0.1) is 0 Å². The molecule has 0 aliphatic heterocycles. The zero-order valence-corrected chi connectivity index (χ0v) is 9.60. The highest BCUT2D eigenvalue weighted by molar-refractivity contribution is 5.69. The Hall–Kier alpha value is -1.77. The van der Waals surface area contributed by atoms with Crippen LogP contribution in [0.1, 0.15) is 19.4 Å². The van der Waals surface area contributed by atoms with Gasteiger partial charge in [0.25, 0.3) is 0 Å². The Bertz CT molecular complexity index is 457. The lowest BCUT2D eigenvalue weighted by Crippen LogP contribution is -1.93. The van der Waals surface area contributed by atoms with E-state index in [1.54, 1.807) is 0 Å². The fraction of sp³-hybridized carbons (Fsp3) is 0.308. The number of nitrogens with zero attached hydrogens (tertiary/aromatic N) is 1. The lowest BCUT2D eigenvalue weighted by Gasteiger charge is -2.05. The van der Waals surface area contributed by atoms with Crippen molar-refractivity contribution < 1.29 is 4.52 Å². The zero-order chi connectivity index (χ0) is 11.5. The van der Waals surface area contributed by atoms with Crippen molar-refractivity contribution in [3.05, 3.63) is 36.0 Å². The van der Waals surface area contributed by atoms with Crippen LogP contribution in [0.3, 0.4) is 0 Å². The number of hydrogen-bond donors (Lipinski definition) is 1. The first-order valence-corrected chi connectivity index (χ1v) is 5.46. The minimum atomic E-state index is 0.580. The average molecular weight is 216 g/mol. The minimum Gasteiger partial charge on any atom is -0.394 e. The van der Waals surface area contributed by atoms with Gasteiger partial charge in [-0.2, -0.15) is 0 Å². The van der Waals surface area contributed by atoms with Gasteiger partial charge in [0, 0.05) is 5.56 Å². The molecule has 0 saturated carbocycles. The highest BCUT2D eigenvalue weighted by Gasteiger charge is 2.07. The van der Waals surface area contributed by atoms with Crippen LogP contribution >= 0.6 is 0 Å². The monoisotopic (exact) mass is 216 g/mol. The Morgan fingerprint density at radius 1 is 1.25 bits per heavy atom. The molecular weight excluding hydrogens is 200 g/mol. The van der Waals surface area contributed by atoms with Crippen molar-refractivity contribution in [2.24, 2.45) is 5.92 Å². The molecule has 0 aliphatic rings. The van der Waals surface area contributed by atoms with Crippen LogP contribution in [0.2, 0.25) is 0 Å². The van der Waals surface area contributed by atoms with E-state index in [9.17, 15) is 0 Å². The van der Waals surface area contributed by atoms with Crippen LogP contribution in [0, 0.1) is 5.92 Å². The number of benzene rings is 1. The third-order valence-corrected chi connectivity index (χ3v) is 2.46. The third-order valence-electron chi connectivity index (χ3n) is 2.46. The summed E-state index contributed by atoms with van der Waals surface area (Å²) in [6.45, 7) is 4.42. The molecule has 84 valence electrons. The summed E-state index contributed by atoms with van der Waals surface area (Å²) in [5.41, 5.74) is 8.62. The molecule has 1 aromatic heterocycles. The van der Waals surface area contributed by atoms with Gasteiger partial charge in [0.2, 0.25) is 0 Å². The lowest BCUT2D eigenvalue weighted by molar-refractivity contribution is 0.432. The van der Waals surface area contributed by atoms with E-state index in [1.807, 2.05) is 12.1 Å². The van der Waals surface area contributed by atoms with Crippen molar-refractivity contribution in [3.8, 4) is 11.3 Å². The van der Waals surface area contributed by atoms with E-state index < -0.39 is 0 Å². The third kappa shape index (κ3) is 2.24. The molecule has 0 radical (unpaired) electrons. The smallest absolute Gasteiger partial charge is 0.189 e. The number of aromatic nitrogens is 1. The summed E-state index contributed by atoms with van der Waals surface area (Å²) in [5.74, 6) is 1.32. The van der Waals surface area contributed by atoms with Crippen LogP contribution in [0.4, 0.5) is 5.69 Å². The van der Waals surface area contributed by atoms with E-state index in [-0.39, 0.29) is 0 Å². The molecule has 2 aromatic rings. The fourth-order valence-electron chi connectivity index (χ4n) is 1.73. The molecule has 0 amide bonds. The molecule has 2 N–H and O–H groups in total. The molecule has 1 heterocycles. The molecule has 0 spiro atoms. The standard InChI is InChI=1S/C13H16N2O/c1-9(2)7-10-3-5-11(6-4-10)13-12(14)8-15-16-13/h3-6,8-9H,7,14H2,1-2H3. The highest BCUT2D eigenvalue weighted by atomic mass is 16.5. The second-order valence-electron chi connectivity index (χ2n) is 4.41. The van der Waals surface area contributed by atoms with Gasteiger partial charge in [0.15, 0.2) is 5.76 Å². The van der Waals surface area contributed by atoms with Crippen molar-refractivity contribution in [1.82, 2.24) is 5.16 Å². The van der Waals surface area contributed by atoms with E-state index >= 15 is 0 Å². The molecule has 0 unspecified atom stereocenters. The van der Waals surface area contributed by atoms with Crippen LogP contribution in [-0.4, -0.2) is 5.16 Å². The van der Waals surface area contributed by atoms with E-state index in [1.165, 1.54) is 11.8 Å². The summed E-state index contributed by atoms with van der Waals surface area (Å²) in [7, 11) is 0. The quantitative estimate of drug-likeness (QED) is 0.857. The van der Waals surface area contributed by atoms with Crippen LogP contribution in [0.5, 0.6) is 0 Å². The molecule has 16 heavy (non-hydrogen) atoms. The number of anilines is 1. The Labute approximate surface area is 95.3 Å². The fourth-order valence-corrected chi connectivity index (χ4v) is 1.73. The summed E-state index contributed by atoms with van der Waals surface area (Å²) >= 11 is 0. The van der Waals surface area contributed by atoms with Crippen molar-refractivity contribution in [3.63, 3.8) is 0 Å². The Balaban J connectivity index is 2.23. The molecule has 0 fully saturated rings. The van der Waals surface area contributed by atoms with Crippen LogP contribution < -0.4 is 5.73 Å². The molecule has 1 aromatic carbocycles. The Morgan fingerprint density at radius 3 is 2.44 bits per heavy atom. The van der Waals surface area contributed by atoms with E-state index in [0.717, 1.165) is 12.0 Å². The first kappa shape index (κ1) is 10.7. The van der Waals surface area contributed by atoms with Gasteiger partial charge < -0.3 is 10.3 Å². The van der Waals surface area contributed by atoms with Crippen molar-refractivity contribution in [2.45, 2.75) is 20.3 Å². The number of hydrogen-bond acceptors (Lipinski definition) is 3. The maximum absolute atomic E-state index is 5.74. The first-order chi connectivity index (χ1) is 7.66. The summed E-state index contributed by atoms with van der Waals surface area (Å²) in [6.07, 6.45) is 2.61. The van der Waals surface area contributed by atoms with Crippen molar-refractivity contribution >= 4 is 5.69 Å². The maximum atomic E-state index is 5.74. The van der Waals surface area contributed by atoms with Crippen LogP contribution in [0.15, 0.2) is 35.0 Å². The van der Waals surface area contributed by atoms with Gasteiger partial charge in [0.1, 0.15) is 5.69 Å². The van der Waals surface area contributed by atoms with Crippen molar-refractivity contribution in [2.75, 3.05) is 5.73 Å². The summed E-state index contributed by atoms with van der Waals surface area (Å²) in [6, 6.07) is 8.26. The van der Waals surface area contributed by atoms with E-state index in [4.69, 9.17) is 10.3 Å². The summed E-state index contributed by atoms with van der Waals surface area (Å²) < 4.78 is 5.10. The average Bonchev–Trinajstić information content (AvgIpc) is 2.65. The van der Waals surface area contributed by atoms with E-state index in [2.05, 4.69) is 31.1 Å². The second kappa shape index (κ2) is 4.39. The Morgan fingerprint density at radius 2 is 1.94 bits per heavy atom. The number of rotatable bonds is 3. The Kier molecular flexibility index (Phi) is 2.95. The molecule has 3 heteroatoms. The number of nitrogen functional groups attached to an aromatic ring is 1. The SMILES string of the molecule is CC(C)Cc1ccc(-c2oncc2N)cc1. The predicted octanol–water partition coefficient (Wildman–Crippen LogP) is 3.12. The first-order valence-electron chi connectivity index (χ1n) is 5.46. The molecule has 0 atom stereocenters. The molecule has 0 saturated heterocycles. The van der Waals surface area contributed by atoms with Crippen LogP contribution in [-0.2, 0) is 6.42 Å².